The number of fused-ring (bicyclic) bond motifs is 1. The van der Waals surface area contributed by atoms with Crippen LogP contribution < -0.4 is 10.7 Å². The maximum atomic E-state index is 12.2. The molecule has 0 unspecified atom stereocenters. The summed E-state index contributed by atoms with van der Waals surface area (Å²) < 4.78 is 29.3. The van der Waals surface area contributed by atoms with Gasteiger partial charge in [0.1, 0.15) is 17.4 Å². The first-order chi connectivity index (χ1) is 13.0. The van der Waals surface area contributed by atoms with Crippen molar-refractivity contribution in [3.63, 3.8) is 0 Å². The molecule has 0 spiro atoms. The maximum Gasteiger partial charge on any atom is 0.250 e. The molecule has 1 aromatic carbocycles. The highest BCUT2D eigenvalue weighted by molar-refractivity contribution is 5.95. The van der Waals surface area contributed by atoms with Crippen molar-refractivity contribution in [2.45, 2.75) is 25.3 Å². The molecule has 1 aliphatic carbocycles. The van der Waals surface area contributed by atoms with Gasteiger partial charge in [0.05, 0.1) is 18.4 Å². The molecule has 0 saturated heterocycles. The molecule has 2 aliphatic heterocycles. The Kier molecular flexibility index (Phi) is 5.75. The average Bonchev–Trinajstić information content (AvgIpc) is 3.01. The summed E-state index contributed by atoms with van der Waals surface area (Å²) in [4.78, 5) is 12.2. The van der Waals surface area contributed by atoms with Crippen LogP contribution in [-0.4, -0.2) is 35.7 Å². The van der Waals surface area contributed by atoms with E-state index in [0.717, 1.165) is 36.2 Å². The molecule has 8 heteroatoms. The Morgan fingerprint density at radius 2 is 2.00 bits per heavy atom. The number of nitrogens with zero attached hydrogens (tertiary/aromatic N) is 1. The van der Waals surface area contributed by atoms with E-state index in [2.05, 4.69) is 10.7 Å². The summed E-state index contributed by atoms with van der Waals surface area (Å²) in [5, 5.41) is 13.4. The molecular formula is C19H21F2N3O3. The van der Waals surface area contributed by atoms with E-state index in [1.54, 1.807) is 7.11 Å². The first-order valence-electron chi connectivity index (χ1n) is 8.63. The molecule has 1 fully saturated rings. The Morgan fingerprint density at radius 3 is 2.56 bits per heavy atom. The van der Waals surface area contributed by atoms with Gasteiger partial charge in [-0.05, 0) is 31.4 Å². The second kappa shape index (κ2) is 8.22. The van der Waals surface area contributed by atoms with Crippen LogP contribution in [0.1, 0.15) is 19.3 Å². The van der Waals surface area contributed by atoms with Crippen LogP contribution in [-0.2, 0) is 9.53 Å². The fourth-order valence-electron chi connectivity index (χ4n) is 2.86. The summed E-state index contributed by atoms with van der Waals surface area (Å²) >= 11 is 0. The van der Waals surface area contributed by atoms with Gasteiger partial charge < -0.3 is 15.2 Å². The van der Waals surface area contributed by atoms with Crippen LogP contribution in [0.5, 0.6) is 5.75 Å². The number of carbonyl (C=O) groups excluding carboxylic acids is 1. The number of phenolic OH excluding ortho intramolecular Hbond substituents is 1. The standard InChI is InChI=1S/C13H17N3O2.C6H4F2O/c1-18-12-7-3-6-11-10(8-14-16(11)12)13(17)15-9-4-2-5-9;7-4-1-5(8)3-6(9)2-4/h3,6-7,9,14H,2,4-5,8H2,1H3,(H,15,17);1-3,9H. The zero-order valence-electron chi connectivity index (χ0n) is 14.8. The van der Waals surface area contributed by atoms with Crippen LogP contribution in [0.4, 0.5) is 8.78 Å². The molecule has 3 aliphatic rings. The Balaban J connectivity index is 0.000000197. The zero-order chi connectivity index (χ0) is 19.4. The monoisotopic (exact) mass is 377 g/mol. The number of aromatic hydroxyl groups is 1. The summed E-state index contributed by atoms with van der Waals surface area (Å²) in [5.41, 5.74) is 4.81. The van der Waals surface area contributed by atoms with Crippen molar-refractivity contribution >= 4 is 5.91 Å². The molecule has 144 valence electrons. The number of rotatable bonds is 3. The van der Waals surface area contributed by atoms with Crippen molar-refractivity contribution < 1.29 is 23.4 Å². The van der Waals surface area contributed by atoms with Gasteiger partial charge in [-0.2, -0.15) is 0 Å². The molecule has 1 aromatic rings. The molecule has 0 atom stereocenters. The van der Waals surface area contributed by atoms with Crippen LogP contribution in [0, 0.1) is 11.6 Å². The van der Waals surface area contributed by atoms with Gasteiger partial charge in [0.25, 0.3) is 5.91 Å². The number of amides is 1. The van der Waals surface area contributed by atoms with Crippen molar-refractivity contribution in [1.29, 1.82) is 0 Å². The fourth-order valence-corrected chi connectivity index (χ4v) is 2.86. The van der Waals surface area contributed by atoms with E-state index in [1.165, 1.54) is 6.42 Å². The molecule has 4 rings (SSSR count). The minimum absolute atomic E-state index is 0.0340. The van der Waals surface area contributed by atoms with Gasteiger partial charge in [-0.25, -0.2) is 19.2 Å². The van der Waals surface area contributed by atoms with Gasteiger partial charge in [-0.3, -0.25) is 4.79 Å². The first-order valence-corrected chi connectivity index (χ1v) is 8.63. The number of phenols is 1. The number of hydrazine groups is 1. The third-order valence-electron chi connectivity index (χ3n) is 4.45. The second-order valence-corrected chi connectivity index (χ2v) is 6.33. The van der Waals surface area contributed by atoms with Crippen molar-refractivity contribution in [2.24, 2.45) is 0 Å². The summed E-state index contributed by atoms with van der Waals surface area (Å²) in [6.07, 6.45) is 9.11. The SMILES string of the molecule is COC1=CC=CC2=C(C(=O)NC3CCC3)CNN12.Oc1cc(F)cc(F)c1. The summed E-state index contributed by atoms with van der Waals surface area (Å²) in [7, 11) is 1.62. The number of ether oxygens (including phenoxy) is 1. The third-order valence-corrected chi connectivity index (χ3v) is 4.45. The maximum absolute atomic E-state index is 12.2. The summed E-state index contributed by atoms with van der Waals surface area (Å²) in [6, 6.07) is 2.73. The number of carbonyl (C=O) groups is 1. The second-order valence-electron chi connectivity index (χ2n) is 6.33. The fraction of sp³-hybridized carbons (Fsp3) is 0.316. The van der Waals surface area contributed by atoms with Crippen molar-refractivity contribution in [3.8, 4) is 5.75 Å². The van der Waals surface area contributed by atoms with E-state index < -0.39 is 17.4 Å². The van der Waals surface area contributed by atoms with Crippen LogP contribution in [0.3, 0.4) is 0 Å². The summed E-state index contributed by atoms with van der Waals surface area (Å²) in [6.45, 7) is 0.541. The number of allylic oxidation sites excluding steroid dienone is 3. The van der Waals surface area contributed by atoms with Gasteiger partial charge in [0.2, 0.25) is 5.88 Å². The average molecular weight is 377 g/mol. The Labute approximate surface area is 155 Å². The third kappa shape index (κ3) is 4.46. The largest absolute Gasteiger partial charge is 0.508 e. The lowest BCUT2D eigenvalue weighted by Gasteiger charge is -2.27. The van der Waals surface area contributed by atoms with Crippen LogP contribution >= 0.6 is 0 Å². The van der Waals surface area contributed by atoms with Gasteiger partial charge in [-0.15, -0.1) is 0 Å². The van der Waals surface area contributed by atoms with Crippen LogP contribution in [0.15, 0.2) is 53.6 Å². The molecule has 6 nitrogen and oxygen atoms in total. The Bertz CT molecular complexity index is 766. The van der Waals surface area contributed by atoms with Crippen molar-refractivity contribution in [1.82, 2.24) is 15.8 Å². The highest BCUT2D eigenvalue weighted by atomic mass is 19.1. The normalized spacial score (nSPS) is 18.2. The minimum Gasteiger partial charge on any atom is -0.508 e. The molecule has 27 heavy (non-hydrogen) atoms. The molecule has 0 radical (unpaired) electrons. The van der Waals surface area contributed by atoms with E-state index in [9.17, 15) is 13.6 Å². The van der Waals surface area contributed by atoms with Crippen molar-refractivity contribution in [3.05, 3.63) is 65.2 Å². The van der Waals surface area contributed by atoms with Crippen molar-refractivity contribution in [2.75, 3.05) is 13.7 Å². The Hall–Kier alpha value is -2.87. The topological polar surface area (TPSA) is 73.8 Å². The number of halogens is 2. The lowest BCUT2D eigenvalue weighted by atomic mass is 9.93. The highest BCUT2D eigenvalue weighted by Gasteiger charge is 2.31. The minimum atomic E-state index is -0.771. The van der Waals surface area contributed by atoms with E-state index in [-0.39, 0.29) is 5.91 Å². The van der Waals surface area contributed by atoms with Crippen LogP contribution in [0.2, 0.25) is 0 Å². The number of benzene rings is 1. The lowest BCUT2D eigenvalue weighted by molar-refractivity contribution is -0.118. The van der Waals surface area contributed by atoms with Crippen LogP contribution in [0.25, 0.3) is 0 Å². The predicted molar refractivity (Wildman–Crippen MR) is 94.9 cm³/mol. The Morgan fingerprint density at radius 1 is 1.30 bits per heavy atom. The van der Waals surface area contributed by atoms with Gasteiger partial charge in [0, 0.05) is 30.8 Å². The molecule has 1 amide bonds. The van der Waals surface area contributed by atoms with E-state index in [0.29, 0.717) is 24.5 Å². The van der Waals surface area contributed by atoms with Gasteiger partial charge >= 0.3 is 0 Å². The molecule has 0 aromatic heterocycles. The van der Waals surface area contributed by atoms with E-state index in [4.69, 9.17) is 9.84 Å². The first kappa shape index (κ1) is 18.9. The molecule has 0 bridgehead atoms. The predicted octanol–water partition coefficient (Wildman–Crippen LogP) is 2.46. The highest BCUT2D eigenvalue weighted by Crippen LogP contribution is 2.26. The quantitative estimate of drug-likeness (QED) is 0.755. The van der Waals surface area contributed by atoms with Gasteiger partial charge in [-0.1, -0.05) is 6.08 Å². The van der Waals surface area contributed by atoms with Gasteiger partial charge in [0.15, 0.2) is 0 Å². The molecule has 2 heterocycles. The van der Waals surface area contributed by atoms with E-state index in [1.807, 2.05) is 23.2 Å². The van der Waals surface area contributed by atoms with E-state index >= 15 is 0 Å². The number of hydrogen-bond acceptors (Lipinski definition) is 5. The molecule has 3 N–H and O–H groups in total. The molecular weight excluding hydrogens is 356 g/mol. The zero-order valence-corrected chi connectivity index (χ0v) is 14.8. The number of nitrogens with one attached hydrogen (secondary N) is 2. The molecule has 1 saturated carbocycles. The number of hydrogen-bond donors (Lipinski definition) is 3. The summed E-state index contributed by atoms with van der Waals surface area (Å²) in [5.74, 6) is -1.20. The number of methoxy groups -OCH3 is 1. The smallest absolute Gasteiger partial charge is 0.250 e. The lowest BCUT2D eigenvalue weighted by Crippen LogP contribution is -2.40.